The van der Waals surface area contributed by atoms with Gasteiger partial charge in [0.1, 0.15) is 11.5 Å². The van der Waals surface area contributed by atoms with E-state index >= 15 is 0 Å². The second-order valence-electron chi connectivity index (χ2n) is 6.96. The first-order chi connectivity index (χ1) is 12.2. The van der Waals surface area contributed by atoms with Crippen molar-refractivity contribution in [1.82, 2.24) is 24.8 Å². The summed E-state index contributed by atoms with van der Waals surface area (Å²) in [5.74, 6) is 1.34. The van der Waals surface area contributed by atoms with Crippen LogP contribution in [0.4, 0.5) is 0 Å². The molecule has 6 nitrogen and oxygen atoms in total. The number of carbonyl (C=O) groups is 1. The highest BCUT2D eigenvalue weighted by atomic mass is 16.2. The molecule has 0 aromatic carbocycles. The van der Waals surface area contributed by atoms with E-state index < -0.39 is 0 Å². The quantitative estimate of drug-likeness (QED) is 0.854. The summed E-state index contributed by atoms with van der Waals surface area (Å²) in [6.45, 7) is 6.05. The van der Waals surface area contributed by atoms with Crippen molar-refractivity contribution in [3.05, 3.63) is 53.4 Å². The molecule has 3 heterocycles. The van der Waals surface area contributed by atoms with Crippen LogP contribution in [0.1, 0.15) is 46.3 Å². The minimum Gasteiger partial charge on any atom is -0.335 e. The molecule has 0 unspecified atom stereocenters. The molecule has 2 aromatic rings. The number of piperazine rings is 1. The normalized spacial score (nSPS) is 18.4. The maximum atomic E-state index is 12.8. The molecule has 0 N–H and O–H groups in total. The fourth-order valence-electron chi connectivity index (χ4n) is 3.25. The number of carbonyl (C=O) groups excluding carboxylic acids is 1. The predicted octanol–water partition coefficient (Wildman–Crippen LogP) is 2.02. The number of amides is 1. The van der Waals surface area contributed by atoms with E-state index in [0.29, 0.717) is 11.6 Å². The van der Waals surface area contributed by atoms with Crippen molar-refractivity contribution in [1.29, 1.82) is 0 Å². The summed E-state index contributed by atoms with van der Waals surface area (Å²) < 4.78 is 0. The van der Waals surface area contributed by atoms with Crippen LogP contribution in [0.15, 0.2) is 30.6 Å². The molecule has 0 bridgehead atoms. The zero-order valence-electron chi connectivity index (χ0n) is 14.6. The van der Waals surface area contributed by atoms with Crippen LogP contribution in [-0.4, -0.2) is 56.8 Å². The van der Waals surface area contributed by atoms with Gasteiger partial charge in [0.25, 0.3) is 5.91 Å². The largest absolute Gasteiger partial charge is 0.335 e. The van der Waals surface area contributed by atoms with E-state index in [0.717, 1.165) is 57.1 Å². The van der Waals surface area contributed by atoms with Crippen LogP contribution in [0.3, 0.4) is 0 Å². The number of rotatable bonds is 4. The van der Waals surface area contributed by atoms with Gasteiger partial charge in [-0.15, -0.1) is 0 Å². The molecule has 1 saturated heterocycles. The molecule has 130 valence electrons. The van der Waals surface area contributed by atoms with Crippen molar-refractivity contribution in [3.8, 4) is 0 Å². The van der Waals surface area contributed by atoms with E-state index in [9.17, 15) is 4.79 Å². The summed E-state index contributed by atoms with van der Waals surface area (Å²) in [4.78, 5) is 30.3. The summed E-state index contributed by atoms with van der Waals surface area (Å²) in [6, 6.07) is 5.87. The standard InChI is InChI=1S/C19H23N5O/c1-14-11-17(22-18(21-14)16-4-5-16)19(25)24-9-7-23(8-10-24)13-15-3-2-6-20-12-15/h2-3,6,11-12,16H,4-5,7-10,13H2,1H3. The predicted molar refractivity (Wildman–Crippen MR) is 94.2 cm³/mol. The summed E-state index contributed by atoms with van der Waals surface area (Å²) in [7, 11) is 0. The lowest BCUT2D eigenvalue weighted by atomic mass is 10.2. The van der Waals surface area contributed by atoms with Crippen LogP contribution in [0.5, 0.6) is 0 Å². The van der Waals surface area contributed by atoms with Gasteiger partial charge in [-0.3, -0.25) is 14.7 Å². The maximum Gasteiger partial charge on any atom is 0.272 e. The highest BCUT2D eigenvalue weighted by Crippen LogP contribution is 2.38. The smallest absolute Gasteiger partial charge is 0.272 e. The number of aryl methyl sites for hydroxylation is 1. The number of aromatic nitrogens is 3. The average Bonchev–Trinajstić information content (AvgIpc) is 3.47. The van der Waals surface area contributed by atoms with Crippen molar-refractivity contribution in [2.24, 2.45) is 0 Å². The van der Waals surface area contributed by atoms with Crippen molar-refractivity contribution >= 4 is 5.91 Å². The van der Waals surface area contributed by atoms with Crippen LogP contribution in [0, 0.1) is 6.92 Å². The first-order valence-electron chi connectivity index (χ1n) is 8.95. The Labute approximate surface area is 147 Å². The molecule has 4 rings (SSSR count). The molecule has 0 radical (unpaired) electrons. The fourth-order valence-corrected chi connectivity index (χ4v) is 3.25. The van der Waals surface area contributed by atoms with Gasteiger partial charge in [0.15, 0.2) is 0 Å². The van der Waals surface area contributed by atoms with Crippen LogP contribution in [0.2, 0.25) is 0 Å². The summed E-state index contributed by atoms with van der Waals surface area (Å²) in [6.07, 6.45) is 5.98. The van der Waals surface area contributed by atoms with E-state index in [2.05, 4.69) is 25.9 Å². The van der Waals surface area contributed by atoms with Gasteiger partial charge in [-0.25, -0.2) is 9.97 Å². The molecule has 2 aromatic heterocycles. The molecule has 0 atom stereocenters. The average molecular weight is 337 g/mol. The molecule has 1 amide bonds. The Hall–Kier alpha value is -2.34. The summed E-state index contributed by atoms with van der Waals surface area (Å²) >= 11 is 0. The third kappa shape index (κ3) is 3.85. The fraction of sp³-hybridized carbons (Fsp3) is 0.474. The van der Waals surface area contributed by atoms with Gasteiger partial charge in [-0.1, -0.05) is 6.07 Å². The lowest BCUT2D eigenvalue weighted by molar-refractivity contribution is 0.0622. The van der Waals surface area contributed by atoms with Crippen molar-refractivity contribution in [2.45, 2.75) is 32.2 Å². The molecular formula is C19H23N5O. The lowest BCUT2D eigenvalue weighted by Gasteiger charge is -2.34. The molecular weight excluding hydrogens is 314 g/mol. The van der Waals surface area contributed by atoms with E-state index in [-0.39, 0.29) is 5.91 Å². The molecule has 6 heteroatoms. The van der Waals surface area contributed by atoms with Gasteiger partial charge in [0, 0.05) is 56.7 Å². The third-order valence-electron chi connectivity index (χ3n) is 4.82. The number of hydrogen-bond acceptors (Lipinski definition) is 5. The van der Waals surface area contributed by atoms with Gasteiger partial charge < -0.3 is 4.90 Å². The number of nitrogens with zero attached hydrogens (tertiary/aromatic N) is 5. The summed E-state index contributed by atoms with van der Waals surface area (Å²) in [5, 5.41) is 0. The van der Waals surface area contributed by atoms with Crippen molar-refractivity contribution < 1.29 is 4.79 Å². The number of pyridine rings is 1. The zero-order chi connectivity index (χ0) is 17.2. The summed E-state index contributed by atoms with van der Waals surface area (Å²) in [5.41, 5.74) is 2.65. The Morgan fingerprint density at radius 2 is 2.00 bits per heavy atom. The Kier molecular flexibility index (Phi) is 4.44. The highest BCUT2D eigenvalue weighted by molar-refractivity contribution is 5.92. The highest BCUT2D eigenvalue weighted by Gasteiger charge is 2.29. The van der Waals surface area contributed by atoms with E-state index in [1.54, 1.807) is 6.20 Å². The zero-order valence-corrected chi connectivity index (χ0v) is 14.6. The SMILES string of the molecule is Cc1cc(C(=O)N2CCN(Cc3cccnc3)CC2)nc(C2CC2)n1. The van der Waals surface area contributed by atoms with Gasteiger partial charge in [0.2, 0.25) is 0 Å². The van der Waals surface area contributed by atoms with Crippen LogP contribution >= 0.6 is 0 Å². The van der Waals surface area contributed by atoms with Gasteiger partial charge in [0.05, 0.1) is 0 Å². The van der Waals surface area contributed by atoms with Crippen LogP contribution < -0.4 is 0 Å². The van der Waals surface area contributed by atoms with Crippen LogP contribution in [0.25, 0.3) is 0 Å². The minimum absolute atomic E-state index is 0.0356. The third-order valence-corrected chi connectivity index (χ3v) is 4.82. The van der Waals surface area contributed by atoms with E-state index in [1.165, 1.54) is 5.56 Å². The molecule has 0 spiro atoms. The topological polar surface area (TPSA) is 62.2 Å². The Morgan fingerprint density at radius 3 is 2.68 bits per heavy atom. The minimum atomic E-state index is 0.0356. The Bertz CT molecular complexity index is 752. The first-order valence-corrected chi connectivity index (χ1v) is 8.95. The second kappa shape index (κ2) is 6.88. The van der Waals surface area contributed by atoms with Crippen LogP contribution in [-0.2, 0) is 6.54 Å². The van der Waals surface area contributed by atoms with Gasteiger partial charge in [-0.2, -0.15) is 0 Å². The first kappa shape index (κ1) is 16.1. The van der Waals surface area contributed by atoms with E-state index in [4.69, 9.17) is 0 Å². The Morgan fingerprint density at radius 1 is 1.20 bits per heavy atom. The molecule has 25 heavy (non-hydrogen) atoms. The molecule has 1 saturated carbocycles. The second-order valence-corrected chi connectivity index (χ2v) is 6.96. The van der Waals surface area contributed by atoms with Gasteiger partial charge in [-0.05, 0) is 37.5 Å². The molecule has 2 aliphatic rings. The molecule has 1 aliphatic heterocycles. The van der Waals surface area contributed by atoms with Crippen molar-refractivity contribution in [2.75, 3.05) is 26.2 Å². The maximum absolute atomic E-state index is 12.8. The molecule has 2 fully saturated rings. The van der Waals surface area contributed by atoms with Crippen molar-refractivity contribution in [3.63, 3.8) is 0 Å². The van der Waals surface area contributed by atoms with Gasteiger partial charge >= 0.3 is 0 Å². The lowest BCUT2D eigenvalue weighted by Crippen LogP contribution is -2.48. The number of hydrogen-bond donors (Lipinski definition) is 0. The Balaban J connectivity index is 1.38. The molecule has 1 aliphatic carbocycles. The monoisotopic (exact) mass is 337 g/mol. The van der Waals surface area contributed by atoms with E-state index in [1.807, 2.05) is 30.2 Å².